The maximum absolute atomic E-state index is 12.1. The van der Waals surface area contributed by atoms with Gasteiger partial charge in [0.2, 0.25) is 5.91 Å². The molecule has 1 amide bonds. The molecule has 0 unspecified atom stereocenters. The van der Waals surface area contributed by atoms with Gasteiger partial charge in [-0.3, -0.25) is 9.48 Å². The van der Waals surface area contributed by atoms with Crippen LogP contribution in [-0.4, -0.2) is 41.4 Å². The zero-order valence-electron chi connectivity index (χ0n) is 10.3. The summed E-state index contributed by atoms with van der Waals surface area (Å²) in [5.41, 5.74) is -0.533. The van der Waals surface area contributed by atoms with Crippen LogP contribution in [0.2, 0.25) is 0 Å². The first-order valence-corrected chi connectivity index (χ1v) is 5.87. The number of likely N-dealkylation sites (N-methyl/N-ethyl adjacent to an activating group) is 1. The van der Waals surface area contributed by atoms with E-state index in [0.29, 0.717) is 0 Å². The van der Waals surface area contributed by atoms with Crippen LogP contribution in [-0.2, 0) is 11.8 Å². The molecule has 0 atom stereocenters. The van der Waals surface area contributed by atoms with Crippen molar-refractivity contribution in [2.24, 2.45) is 7.05 Å². The van der Waals surface area contributed by atoms with Crippen LogP contribution in [0.25, 0.3) is 0 Å². The average molecular weight is 237 g/mol. The first-order chi connectivity index (χ1) is 8.16. The van der Waals surface area contributed by atoms with E-state index in [4.69, 9.17) is 0 Å². The van der Waals surface area contributed by atoms with Crippen molar-refractivity contribution in [2.75, 3.05) is 25.5 Å². The molecule has 0 aliphatic carbocycles. The summed E-state index contributed by atoms with van der Waals surface area (Å²) in [6, 6.07) is 1.88. The van der Waals surface area contributed by atoms with Crippen molar-refractivity contribution in [1.82, 2.24) is 20.4 Å². The molecule has 1 saturated heterocycles. The predicted octanol–water partition coefficient (Wildman–Crippen LogP) is -0.300. The summed E-state index contributed by atoms with van der Waals surface area (Å²) < 4.78 is 1.72. The zero-order valence-corrected chi connectivity index (χ0v) is 10.3. The highest BCUT2D eigenvalue weighted by atomic mass is 16.2. The van der Waals surface area contributed by atoms with E-state index >= 15 is 0 Å². The molecule has 0 saturated carbocycles. The van der Waals surface area contributed by atoms with Crippen molar-refractivity contribution < 1.29 is 4.79 Å². The minimum Gasteiger partial charge on any atom is -0.357 e. The molecular formula is C11H19N5O. The highest BCUT2D eigenvalue weighted by Crippen LogP contribution is 2.23. The number of anilines is 1. The first kappa shape index (κ1) is 11.9. The van der Waals surface area contributed by atoms with Crippen LogP contribution < -0.4 is 16.0 Å². The summed E-state index contributed by atoms with van der Waals surface area (Å²) in [5, 5.41) is 13.6. The Morgan fingerprint density at radius 3 is 2.76 bits per heavy atom. The van der Waals surface area contributed by atoms with Crippen LogP contribution in [0.3, 0.4) is 0 Å². The van der Waals surface area contributed by atoms with Crippen LogP contribution >= 0.6 is 0 Å². The molecule has 2 heterocycles. The van der Waals surface area contributed by atoms with Gasteiger partial charge in [-0.15, -0.1) is 0 Å². The van der Waals surface area contributed by atoms with E-state index in [1.807, 2.05) is 19.3 Å². The molecular weight excluding hydrogens is 218 g/mol. The van der Waals surface area contributed by atoms with Crippen LogP contribution in [0.15, 0.2) is 12.3 Å². The normalized spacial score (nSPS) is 18.7. The van der Waals surface area contributed by atoms with E-state index < -0.39 is 5.54 Å². The number of amides is 1. The lowest BCUT2D eigenvalue weighted by Crippen LogP contribution is -2.57. The highest BCUT2D eigenvalue weighted by molar-refractivity contribution is 5.89. The van der Waals surface area contributed by atoms with Gasteiger partial charge in [-0.25, -0.2) is 0 Å². The number of nitrogens with one attached hydrogen (secondary N) is 3. The van der Waals surface area contributed by atoms with Crippen molar-refractivity contribution in [1.29, 1.82) is 0 Å². The Hall–Kier alpha value is -1.56. The van der Waals surface area contributed by atoms with Crippen LogP contribution in [0.5, 0.6) is 0 Å². The van der Waals surface area contributed by atoms with Gasteiger partial charge in [0.1, 0.15) is 11.4 Å². The molecule has 1 aromatic rings. The summed E-state index contributed by atoms with van der Waals surface area (Å²) in [5.74, 6) is 0.780. The molecule has 1 aromatic heterocycles. The number of carbonyl (C=O) groups is 1. The Kier molecular flexibility index (Phi) is 3.33. The van der Waals surface area contributed by atoms with Gasteiger partial charge >= 0.3 is 0 Å². The lowest BCUT2D eigenvalue weighted by molar-refractivity contribution is -0.125. The third kappa shape index (κ3) is 2.41. The Morgan fingerprint density at radius 2 is 2.24 bits per heavy atom. The largest absolute Gasteiger partial charge is 0.357 e. The molecule has 2 rings (SSSR count). The van der Waals surface area contributed by atoms with Crippen LogP contribution in [0, 0.1) is 0 Å². The highest BCUT2D eigenvalue weighted by Gasteiger charge is 2.39. The zero-order chi connectivity index (χ0) is 12.3. The van der Waals surface area contributed by atoms with Crippen molar-refractivity contribution in [2.45, 2.75) is 18.4 Å². The SMILES string of the molecule is CNC(=O)C1(Nc2ccn(C)n2)CCNCC1. The third-order valence-electron chi connectivity index (χ3n) is 3.20. The maximum Gasteiger partial charge on any atom is 0.245 e. The van der Waals surface area contributed by atoms with Crippen molar-refractivity contribution in [3.05, 3.63) is 12.3 Å². The first-order valence-electron chi connectivity index (χ1n) is 5.87. The third-order valence-corrected chi connectivity index (χ3v) is 3.20. The number of piperidine rings is 1. The molecule has 1 aliphatic heterocycles. The van der Waals surface area contributed by atoms with Gasteiger partial charge in [0.25, 0.3) is 0 Å². The van der Waals surface area contributed by atoms with Gasteiger partial charge in [-0.05, 0) is 25.9 Å². The number of hydrogen-bond acceptors (Lipinski definition) is 4. The number of rotatable bonds is 3. The summed E-state index contributed by atoms with van der Waals surface area (Å²) in [4.78, 5) is 12.1. The average Bonchev–Trinajstić information content (AvgIpc) is 2.74. The molecule has 6 nitrogen and oxygen atoms in total. The Labute approximate surface area is 101 Å². The van der Waals surface area contributed by atoms with Crippen molar-refractivity contribution in [3.63, 3.8) is 0 Å². The summed E-state index contributed by atoms with van der Waals surface area (Å²) in [6.07, 6.45) is 3.40. The molecule has 0 radical (unpaired) electrons. The molecule has 17 heavy (non-hydrogen) atoms. The van der Waals surface area contributed by atoms with Crippen LogP contribution in [0.1, 0.15) is 12.8 Å². The number of nitrogens with zero attached hydrogens (tertiary/aromatic N) is 2. The molecule has 6 heteroatoms. The fourth-order valence-corrected chi connectivity index (χ4v) is 2.23. The van der Waals surface area contributed by atoms with Gasteiger partial charge in [0, 0.05) is 26.4 Å². The molecule has 0 bridgehead atoms. The number of hydrogen-bond donors (Lipinski definition) is 3. The fraction of sp³-hybridized carbons (Fsp3) is 0.636. The molecule has 3 N–H and O–H groups in total. The molecule has 0 spiro atoms. The number of aryl methyl sites for hydroxylation is 1. The summed E-state index contributed by atoms with van der Waals surface area (Å²) >= 11 is 0. The minimum absolute atomic E-state index is 0.0321. The van der Waals surface area contributed by atoms with E-state index in [9.17, 15) is 4.79 Å². The topological polar surface area (TPSA) is 71.0 Å². The quantitative estimate of drug-likeness (QED) is 0.675. The summed E-state index contributed by atoms with van der Waals surface area (Å²) in [7, 11) is 3.53. The maximum atomic E-state index is 12.1. The monoisotopic (exact) mass is 237 g/mol. The molecule has 0 aromatic carbocycles. The Balaban J connectivity index is 2.18. The summed E-state index contributed by atoms with van der Waals surface area (Å²) in [6.45, 7) is 1.68. The molecule has 94 valence electrons. The number of aromatic nitrogens is 2. The van der Waals surface area contributed by atoms with E-state index in [2.05, 4.69) is 21.0 Å². The Bertz CT molecular complexity index is 394. The Morgan fingerprint density at radius 1 is 1.53 bits per heavy atom. The van der Waals surface area contributed by atoms with Gasteiger partial charge in [-0.2, -0.15) is 5.10 Å². The second kappa shape index (κ2) is 4.75. The van der Waals surface area contributed by atoms with Gasteiger partial charge in [0.15, 0.2) is 0 Å². The molecule has 1 fully saturated rings. The van der Waals surface area contributed by atoms with E-state index in [0.717, 1.165) is 31.7 Å². The fourth-order valence-electron chi connectivity index (χ4n) is 2.23. The predicted molar refractivity (Wildman–Crippen MR) is 65.7 cm³/mol. The standard InChI is InChI=1S/C11H19N5O/c1-12-10(17)11(4-6-13-7-5-11)14-9-3-8-16(2)15-9/h3,8,13H,4-7H2,1-2H3,(H,12,17)(H,14,15). The lowest BCUT2D eigenvalue weighted by atomic mass is 9.87. The smallest absolute Gasteiger partial charge is 0.245 e. The van der Waals surface area contributed by atoms with E-state index in [1.165, 1.54) is 0 Å². The number of carbonyl (C=O) groups excluding carboxylic acids is 1. The molecule has 1 aliphatic rings. The van der Waals surface area contributed by atoms with Crippen molar-refractivity contribution in [3.8, 4) is 0 Å². The van der Waals surface area contributed by atoms with Gasteiger partial charge in [0.05, 0.1) is 0 Å². The van der Waals surface area contributed by atoms with Crippen LogP contribution in [0.4, 0.5) is 5.82 Å². The second-order valence-corrected chi connectivity index (χ2v) is 4.41. The van der Waals surface area contributed by atoms with E-state index in [-0.39, 0.29) is 5.91 Å². The van der Waals surface area contributed by atoms with E-state index in [1.54, 1.807) is 11.7 Å². The van der Waals surface area contributed by atoms with Crippen molar-refractivity contribution >= 4 is 11.7 Å². The second-order valence-electron chi connectivity index (χ2n) is 4.41. The van der Waals surface area contributed by atoms with Gasteiger partial charge in [-0.1, -0.05) is 0 Å². The van der Waals surface area contributed by atoms with Gasteiger partial charge < -0.3 is 16.0 Å². The lowest BCUT2D eigenvalue weighted by Gasteiger charge is -2.36. The minimum atomic E-state index is -0.533.